The Kier molecular flexibility index (Phi) is 6.06. The number of rotatable bonds is 5. The second-order valence-electron chi connectivity index (χ2n) is 9.00. The van der Waals surface area contributed by atoms with Crippen molar-refractivity contribution in [2.75, 3.05) is 58.3 Å². The molecular weight excluding hydrogens is 386 g/mol. The summed E-state index contributed by atoms with van der Waals surface area (Å²) < 4.78 is 27.5. The zero-order valence-electron chi connectivity index (χ0n) is 17.9. The van der Waals surface area contributed by atoms with Gasteiger partial charge < -0.3 is 15.5 Å². The normalized spacial score (nSPS) is 25.6. The molecule has 2 aliphatic heterocycles. The predicted octanol–water partition coefficient (Wildman–Crippen LogP) is 2.63. The summed E-state index contributed by atoms with van der Waals surface area (Å²) in [4.78, 5) is 15.6. The second kappa shape index (κ2) is 8.59. The topological polar surface area (TPSA) is 61.0 Å². The Hall–Kier alpha value is -2.06. The first-order chi connectivity index (χ1) is 14.5. The fraction of sp³-hybridized carbons (Fsp3) is 0.636. The number of pyridine rings is 1. The summed E-state index contributed by atoms with van der Waals surface area (Å²) in [6.45, 7) is 5.86. The van der Waals surface area contributed by atoms with Crippen molar-refractivity contribution in [3.8, 4) is 0 Å². The van der Waals surface area contributed by atoms with Crippen molar-refractivity contribution in [1.82, 2.24) is 14.8 Å². The zero-order valence-corrected chi connectivity index (χ0v) is 17.9. The molecule has 0 amide bonds. The van der Waals surface area contributed by atoms with Crippen molar-refractivity contribution in [2.45, 2.75) is 31.7 Å². The molecule has 3 aliphatic rings. The van der Waals surface area contributed by atoms with E-state index in [-0.39, 0.29) is 5.56 Å². The molecule has 2 N–H and O–H groups in total. The van der Waals surface area contributed by atoms with Crippen molar-refractivity contribution < 1.29 is 8.78 Å². The number of nitrogens with zero attached hydrogens (tertiary/aromatic N) is 5. The molecule has 6 nitrogen and oxygen atoms in total. The molecule has 30 heavy (non-hydrogen) atoms. The van der Waals surface area contributed by atoms with Crippen LogP contribution in [0.2, 0.25) is 0 Å². The molecule has 1 aromatic rings. The molecule has 3 fully saturated rings. The van der Waals surface area contributed by atoms with E-state index in [9.17, 15) is 8.78 Å². The van der Waals surface area contributed by atoms with Crippen LogP contribution < -0.4 is 10.6 Å². The van der Waals surface area contributed by atoms with Gasteiger partial charge in [0.2, 0.25) is 0 Å². The van der Waals surface area contributed by atoms with Crippen LogP contribution in [-0.2, 0) is 0 Å². The van der Waals surface area contributed by atoms with E-state index in [0.29, 0.717) is 28.4 Å². The SMILES string of the molecule is CN=C/C(=C\N)c1c(C(F)F)ccnc1N1CCN(C2CCC3(C2)CN(C)C3)CC1. The van der Waals surface area contributed by atoms with Gasteiger partial charge in [0.15, 0.2) is 0 Å². The lowest BCUT2D eigenvalue weighted by Gasteiger charge is -2.47. The fourth-order valence-electron chi connectivity index (χ4n) is 5.69. The number of aromatic nitrogens is 1. The number of anilines is 1. The minimum Gasteiger partial charge on any atom is -0.404 e. The van der Waals surface area contributed by atoms with Crippen LogP contribution in [0.4, 0.5) is 14.6 Å². The molecule has 1 spiro atoms. The van der Waals surface area contributed by atoms with Crippen LogP contribution in [0.25, 0.3) is 5.57 Å². The third-order valence-electron chi connectivity index (χ3n) is 6.95. The summed E-state index contributed by atoms with van der Waals surface area (Å²) in [6.07, 6.45) is 5.61. The smallest absolute Gasteiger partial charge is 0.264 e. The summed E-state index contributed by atoms with van der Waals surface area (Å²) in [5, 5.41) is 0. The van der Waals surface area contributed by atoms with Gasteiger partial charge in [-0.15, -0.1) is 0 Å². The maximum atomic E-state index is 13.7. The quantitative estimate of drug-likeness (QED) is 0.745. The van der Waals surface area contributed by atoms with E-state index in [2.05, 4.69) is 31.7 Å². The van der Waals surface area contributed by atoms with Crippen molar-refractivity contribution in [1.29, 1.82) is 0 Å². The number of alkyl halides is 2. The lowest BCUT2D eigenvalue weighted by atomic mass is 9.78. The number of nitrogens with two attached hydrogens (primary N) is 1. The number of hydrogen-bond acceptors (Lipinski definition) is 6. The third-order valence-corrected chi connectivity index (χ3v) is 6.95. The molecule has 0 aromatic carbocycles. The molecule has 1 aliphatic carbocycles. The van der Waals surface area contributed by atoms with E-state index in [1.165, 1.54) is 57.0 Å². The molecule has 8 heteroatoms. The van der Waals surface area contributed by atoms with Crippen LogP contribution in [0.1, 0.15) is 36.8 Å². The molecule has 2 saturated heterocycles. The van der Waals surface area contributed by atoms with Crippen LogP contribution in [0.5, 0.6) is 0 Å². The van der Waals surface area contributed by atoms with Crippen molar-refractivity contribution in [3.63, 3.8) is 0 Å². The second-order valence-corrected chi connectivity index (χ2v) is 9.00. The Morgan fingerprint density at radius 2 is 2.03 bits per heavy atom. The van der Waals surface area contributed by atoms with Gasteiger partial charge in [-0.3, -0.25) is 9.89 Å². The van der Waals surface area contributed by atoms with Crippen LogP contribution in [-0.4, -0.2) is 80.4 Å². The summed E-state index contributed by atoms with van der Waals surface area (Å²) in [5.41, 5.74) is 7.12. The number of allylic oxidation sites excluding steroid dienone is 1. The summed E-state index contributed by atoms with van der Waals surface area (Å²) in [7, 11) is 3.80. The van der Waals surface area contributed by atoms with Gasteiger partial charge in [-0.05, 0) is 37.8 Å². The van der Waals surface area contributed by atoms with Gasteiger partial charge in [0.25, 0.3) is 6.43 Å². The number of hydrogen-bond donors (Lipinski definition) is 1. The summed E-state index contributed by atoms with van der Waals surface area (Å²) in [6, 6.07) is 2.02. The first-order valence-corrected chi connectivity index (χ1v) is 10.8. The standard InChI is InChI=1S/C22H32F2N6/c1-26-13-16(12-25)19-18(20(23)24)4-6-27-21(19)30-9-7-29(8-10-30)17-3-5-22(11-17)14-28(2)15-22/h4,6,12-13,17,20H,3,5,7-11,14-15,25H2,1-2H3/b16-12+,26-13?. The average Bonchev–Trinajstić information content (AvgIpc) is 3.16. The van der Waals surface area contributed by atoms with Crippen molar-refractivity contribution >= 4 is 17.6 Å². The third kappa shape index (κ3) is 3.95. The monoisotopic (exact) mass is 418 g/mol. The molecule has 1 unspecified atom stereocenters. The van der Waals surface area contributed by atoms with Gasteiger partial charge in [0.1, 0.15) is 5.82 Å². The number of halogens is 2. The molecular formula is C22H32F2N6. The zero-order chi connectivity index (χ0) is 21.3. The van der Waals surface area contributed by atoms with Crippen LogP contribution in [0.3, 0.4) is 0 Å². The van der Waals surface area contributed by atoms with Gasteiger partial charge in [-0.1, -0.05) is 0 Å². The van der Waals surface area contributed by atoms with E-state index in [4.69, 9.17) is 5.73 Å². The Morgan fingerprint density at radius 1 is 1.30 bits per heavy atom. The molecule has 0 radical (unpaired) electrons. The average molecular weight is 419 g/mol. The number of likely N-dealkylation sites (tertiary alicyclic amines) is 1. The van der Waals surface area contributed by atoms with Gasteiger partial charge in [0, 0.05) is 87.7 Å². The molecule has 4 rings (SSSR count). The molecule has 3 heterocycles. The van der Waals surface area contributed by atoms with Gasteiger partial charge in [-0.25, -0.2) is 13.8 Å². The minimum absolute atomic E-state index is 0.0501. The molecule has 1 atom stereocenters. The first-order valence-electron chi connectivity index (χ1n) is 10.8. The number of piperazine rings is 1. The Bertz CT molecular complexity index is 810. The van der Waals surface area contributed by atoms with Crippen molar-refractivity contribution in [3.05, 3.63) is 29.6 Å². The Labute approximate surface area is 177 Å². The highest BCUT2D eigenvalue weighted by Gasteiger charge is 2.48. The van der Waals surface area contributed by atoms with Gasteiger partial charge in [-0.2, -0.15) is 0 Å². The highest BCUT2D eigenvalue weighted by molar-refractivity contribution is 6.12. The maximum absolute atomic E-state index is 13.7. The van der Waals surface area contributed by atoms with Crippen LogP contribution in [0, 0.1) is 5.41 Å². The van der Waals surface area contributed by atoms with E-state index < -0.39 is 6.43 Å². The lowest BCUT2D eigenvalue weighted by molar-refractivity contribution is 0.0204. The predicted molar refractivity (Wildman–Crippen MR) is 117 cm³/mol. The Morgan fingerprint density at radius 3 is 2.63 bits per heavy atom. The van der Waals surface area contributed by atoms with E-state index in [1.54, 1.807) is 7.05 Å². The first kappa shape index (κ1) is 21.2. The van der Waals surface area contributed by atoms with Crippen LogP contribution >= 0.6 is 0 Å². The minimum atomic E-state index is -2.60. The van der Waals surface area contributed by atoms with E-state index in [0.717, 1.165) is 26.2 Å². The lowest BCUT2D eigenvalue weighted by Crippen LogP contribution is -2.54. The molecule has 0 bridgehead atoms. The van der Waals surface area contributed by atoms with E-state index in [1.807, 2.05) is 0 Å². The highest BCUT2D eigenvalue weighted by Crippen LogP contribution is 2.46. The summed E-state index contributed by atoms with van der Waals surface area (Å²) in [5.74, 6) is 0.576. The Balaban J connectivity index is 1.49. The maximum Gasteiger partial charge on any atom is 0.264 e. The van der Waals surface area contributed by atoms with Crippen molar-refractivity contribution in [2.24, 2.45) is 16.1 Å². The fourth-order valence-corrected chi connectivity index (χ4v) is 5.69. The molecule has 1 aromatic heterocycles. The molecule has 164 valence electrons. The molecule has 1 saturated carbocycles. The number of aliphatic imine (C=N–C) groups is 1. The van der Waals surface area contributed by atoms with Gasteiger partial charge in [0.05, 0.1) is 0 Å². The highest BCUT2D eigenvalue weighted by atomic mass is 19.3. The summed E-state index contributed by atoms with van der Waals surface area (Å²) >= 11 is 0. The van der Waals surface area contributed by atoms with Crippen LogP contribution in [0.15, 0.2) is 23.5 Å². The van der Waals surface area contributed by atoms with E-state index >= 15 is 0 Å². The van der Waals surface area contributed by atoms with Gasteiger partial charge >= 0.3 is 0 Å². The largest absolute Gasteiger partial charge is 0.404 e.